The summed E-state index contributed by atoms with van der Waals surface area (Å²) in [4.78, 5) is 4.61. The van der Waals surface area contributed by atoms with Crippen LogP contribution in [0.3, 0.4) is 0 Å². The highest BCUT2D eigenvalue weighted by Gasteiger charge is 2.26. The van der Waals surface area contributed by atoms with E-state index in [1.807, 2.05) is 12.3 Å². The van der Waals surface area contributed by atoms with Gasteiger partial charge in [0, 0.05) is 40.0 Å². The second-order valence-electron chi connectivity index (χ2n) is 15.5. The minimum absolute atomic E-state index is 0.0728. The summed E-state index contributed by atoms with van der Waals surface area (Å²) in [6.07, 6.45) is 16.7. The average molecular weight is 657 g/mol. The molecule has 246 valence electrons. The molecule has 0 aliphatic heterocycles. The molecule has 2 heteroatoms. The first-order valence-electron chi connectivity index (χ1n) is 18.4. The van der Waals surface area contributed by atoms with Crippen LogP contribution in [0.15, 0.2) is 140 Å². The fraction of sp³-hybridized carbons (Fsp3) is 0.163. The topological polar surface area (TPSA) is 17.8 Å². The first-order valence-corrected chi connectivity index (χ1v) is 18.4. The van der Waals surface area contributed by atoms with Crippen molar-refractivity contribution in [2.45, 2.75) is 51.4 Å². The molecule has 0 bridgehead atoms. The molecule has 0 radical (unpaired) electrons. The Kier molecular flexibility index (Phi) is 6.73. The third kappa shape index (κ3) is 4.81. The Hall–Kier alpha value is -5.73. The first kappa shape index (κ1) is 30.1. The Morgan fingerprint density at radius 2 is 1.49 bits per heavy atom. The lowest BCUT2D eigenvalue weighted by molar-refractivity contribution is 0.591. The molecule has 6 aromatic carbocycles. The number of fused-ring (bicyclic) bond motifs is 3. The highest BCUT2D eigenvalue weighted by Crippen LogP contribution is 2.47. The SMILES string of the molecule is CC(C)(C)c1cc2ccc3c(-c4ccc(-c5ccccn5)cc4)cc([C@H]4C=CC=C(n5c6c(c7ccccc75)C=CCC6)C4)c4ccc(c1)c2c34. The summed E-state index contributed by atoms with van der Waals surface area (Å²) < 4.78 is 2.58. The zero-order valence-electron chi connectivity index (χ0n) is 29.4. The molecule has 2 nitrogen and oxygen atoms in total. The highest BCUT2D eigenvalue weighted by molar-refractivity contribution is 6.26. The van der Waals surface area contributed by atoms with Crippen LogP contribution < -0.4 is 0 Å². The molecule has 2 aliphatic carbocycles. The zero-order valence-corrected chi connectivity index (χ0v) is 29.4. The number of hydrogen-bond donors (Lipinski definition) is 0. The molecule has 0 saturated heterocycles. The largest absolute Gasteiger partial charge is 0.317 e. The van der Waals surface area contributed by atoms with Gasteiger partial charge in [-0.25, -0.2) is 0 Å². The summed E-state index contributed by atoms with van der Waals surface area (Å²) >= 11 is 0. The van der Waals surface area contributed by atoms with Gasteiger partial charge in [0.2, 0.25) is 0 Å². The Balaban J connectivity index is 1.17. The van der Waals surface area contributed by atoms with E-state index in [4.69, 9.17) is 0 Å². The molecule has 2 aliphatic rings. The number of nitrogens with zero attached hydrogens (tertiary/aromatic N) is 2. The molecule has 0 amide bonds. The predicted octanol–water partition coefficient (Wildman–Crippen LogP) is 13.1. The molecular weight excluding hydrogens is 617 g/mol. The van der Waals surface area contributed by atoms with E-state index < -0.39 is 0 Å². The number of rotatable bonds is 4. The van der Waals surface area contributed by atoms with Crippen LogP contribution in [0, 0.1) is 0 Å². The van der Waals surface area contributed by atoms with Gasteiger partial charge in [-0.3, -0.25) is 4.98 Å². The summed E-state index contributed by atoms with van der Waals surface area (Å²) in [5, 5.41) is 9.42. The number of pyridine rings is 1. The average Bonchev–Trinajstić information content (AvgIpc) is 3.51. The van der Waals surface area contributed by atoms with Crippen molar-refractivity contribution in [3.05, 3.63) is 162 Å². The van der Waals surface area contributed by atoms with Crippen molar-refractivity contribution in [1.29, 1.82) is 0 Å². The Morgan fingerprint density at radius 3 is 2.27 bits per heavy atom. The molecule has 1 atom stereocenters. The van der Waals surface area contributed by atoms with Gasteiger partial charge in [-0.2, -0.15) is 0 Å². The van der Waals surface area contributed by atoms with Crippen LogP contribution in [0.1, 0.15) is 61.9 Å². The lowest BCUT2D eigenvalue weighted by Crippen LogP contribution is -2.11. The zero-order chi connectivity index (χ0) is 34.3. The normalized spacial score (nSPS) is 16.1. The van der Waals surface area contributed by atoms with Crippen molar-refractivity contribution in [2.75, 3.05) is 0 Å². The molecule has 0 saturated carbocycles. The monoisotopic (exact) mass is 656 g/mol. The minimum Gasteiger partial charge on any atom is -0.317 e. The third-order valence-corrected chi connectivity index (χ3v) is 11.4. The number of hydrogen-bond acceptors (Lipinski definition) is 1. The van der Waals surface area contributed by atoms with Crippen LogP contribution in [0.2, 0.25) is 0 Å². The predicted molar refractivity (Wildman–Crippen MR) is 218 cm³/mol. The lowest BCUT2D eigenvalue weighted by atomic mass is 9.79. The molecule has 8 aromatic rings. The molecular formula is C49H40N2. The van der Waals surface area contributed by atoms with E-state index in [2.05, 4.69) is 164 Å². The van der Waals surface area contributed by atoms with Crippen LogP contribution in [-0.2, 0) is 11.8 Å². The first-order chi connectivity index (χ1) is 24.9. The van der Waals surface area contributed by atoms with E-state index >= 15 is 0 Å². The van der Waals surface area contributed by atoms with Crippen LogP contribution >= 0.6 is 0 Å². The molecule has 2 heterocycles. The van der Waals surface area contributed by atoms with Crippen LogP contribution in [0.25, 0.3) is 77.4 Å². The fourth-order valence-corrected chi connectivity index (χ4v) is 8.82. The maximum atomic E-state index is 4.61. The van der Waals surface area contributed by atoms with E-state index in [-0.39, 0.29) is 11.3 Å². The maximum Gasteiger partial charge on any atom is 0.0701 e. The molecule has 51 heavy (non-hydrogen) atoms. The van der Waals surface area contributed by atoms with Crippen LogP contribution in [-0.4, -0.2) is 9.55 Å². The Bertz CT molecular complexity index is 2710. The van der Waals surface area contributed by atoms with Crippen LogP contribution in [0.4, 0.5) is 0 Å². The molecule has 10 rings (SSSR count). The highest BCUT2D eigenvalue weighted by atomic mass is 15.0. The molecule has 2 aromatic heterocycles. The Labute approximate surface area is 299 Å². The van der Waals surface area contributed by atoms with Gasteiger partial charge in [-0.15, -0.1) is 0 Å². The van der Waals surface area contributed by atoms with Crippen molar-refractivity contribution in [1.82, 2.24) is 9.55 Å². The van der Waals surface area contributed by atoms with Crippen molar-refractivity contribution < 1.29 is 0 Å². The quantitative estimate of drug-likeness (QED) is 0.172. The summed E-state index contributed by atoms with van der Waals surface area (Å²) in [6, 6.07) is 40.9. The van der Waals surface area contributed by atoms with E-state index in [0.717, 1.165) is 30.5 Å². The minimum atomic E-state index is 0.0728. The number of para-hydroxylation sites is 1. The number of allylic oxidation sites excluding steroid dienone is 5. The molecule has 0 fully saturated rings. The van der Waals surface area contributed by atoms with Crippen molar-refractivity contribution >= 4 is 55.0 Å². The van der Waals surface area contributed by atoms with Gasteiger partial charge in [0.25, 0.3) is 0 Å². The molecule has 0 unspecified atom stereocenters. The van der Waals surface area contributed by atoms with Crippen molar-refractivity contribution in [2.24, 2.45) is 0 Å². The second-order valence-corrected chi connectivity index (χ2v) is 15.5. The fourth-order valence-electron chi connectivity index (χ4n) is 8.82. The van der Waals surface area contributed by atoms with Gasteiger partial charge in [0.1, 0.15) is 0 Å². The summed E-state index contributed by atoms with van der Waals surface area (Å²) in [7, 11) is 0. The third-order valence-electron chi connectivity index (χ3n) is 11.4. The van der Waals surface area contributed by atoms with Gasteiger partial charge >= 0.3 is 0 Å². The molecule has 0 spiro atoms. The van der Waals surface area contributed by atoms with E-state index in [9.17, 15) is 0 Å². The Morgan fingerprint density at radius 1 is 0.725 bits per heavy atom. The van der Waals surface area contributed by atoms with Crippen LogP contribution in [0.5, 0.6) is 0 Å². The smallest absolute Gasteiger partial charge is 0.0701 e. The van der Waals surface area contributed by atoms with Crippen molar-refractivity contribution in [3.63, 3.8) is 0 Å². The van der Waals surface area contributed by atoms with Crippen molar-refractivity contribution in [3.8, 4) is 22.4 Å². The number of aromatic nitrogens is 2. The maximum absolute atomic E-state index is 4.61. The summed E-state index contributed by atoms with van der Waals surface area (Å²) in [6.45, 7) is 6.94. The number of benzene rings is 6. The van der Waals surface area contributed by atoms with Gasteiger partial charge in [-0.05, 0) is 110 Å². The second kappa shape index (κ2) is 11.4. The van der Waals surface area contributed by atoms with E-state index in [1.165, 1.54) is 82.4 Å². The standard InChI is InChI=1S/C49H40N2/c1-49(2,3)36-27-34-22-24-40-42(31-18-20-32(21-19-31)44-15-8-9-26-50-44)30-43(41-25-23-35(28-36)47(34)48(40)41)33-11-10-12-37(29-33)51-45-16-6-4-13-38(45)39-14-5-7-17-46(39)51/h4-6,8-16,18-28,30,33H,7,17,29H2,1-3H3/t33-/m0/s1. The van der Waals surface area contributed by atoms with Gasteiger partial charge in [0.05, 0.1) is 11.2 Å². The van der Waals surface area contributed by atoms with Gasteiger partial charge in [0.15, 0.2) is 0 Å². The molecule has 0 N–H and O–H groups in total. The van der Waals surface area contributed by atoms with E-state index in [0.29, 0.717) is 0 Å². The summed E-state index contributed by atoms with van der Waals surface area (Å²) in [5.41, 5.74) is 13.0. The van der Waals surface area contributed by atoms with Gasteiger partial charge in [-0.1, -0.05) is 130 Å². The van der Waals surface area contributed by atoms with Gasteiger partial charge < -0.3 is 4.57 Å². The van der Waals surface area contributed by atoms with E-state index in [1.54, 1.807) is 0 Å². The summed E-state index contributed by atoms with van der Waals surface area (Å²) in [5.74, 6) is 0.238. The lowest BCUT2D eigenvalue weighted by Gasteiger charge is -2.26.